The zero-order chi connectivity index (χ0) is 44.8. The second-order valence-electron chi connectivity index (χ2n) is 12.0. The third-order valence-electron chi connectivity index (χ3n) is 7.01. The molecule has 0 amide bonds. The Morgan fingerprint density at radius 1 is 0.431 bits per heavy atom. The van der Waals surface area contributed by atoms with E-state index in [9.17, 15) is 33.6 Å². The zero-order valence-corrected chi connectivity index (χ0v) is 34.4. The highest BCUT2D eigenvalue weighted by molar-refractivity contribution is 5.83. The second kappa shape index (κ2) is 37.0. The van der Waals surface area contributed by atoms with Crippen LogP contribution in [0, 0.1) is 5.41 Å². The fourth-order valence-corrected chi connectivity index (χ4v) is 3.54. The highest BCUT2D eigenvalue weighted by atomic mass is 16.6. The van der Waals surface area contributed by atoms with E-state index >= 15 is 0 Å². The summed E-state index contributed by atoms with van der Waals surface area (Å²) in [4.78, 5) is 76.7. The summed E-state index contributed by atoms with van der Waals surface area (Å²) in [6, 6.07) is 0. The molecule has 16 nitrogen and oxygen atoms in total. The van der Waals surface area contributed by atoms with Crippen LogP contribution in [0.15, 0.2) is 88.6 Å². The number of hydrogen-bond donors (Lipinski definition) is 0. The predicted octanol–water partition coefficient (Wildman–Crippen LogP) is 5.22. The largest absolute Gasteiger partial charge is 0.463 e. The Bertz CT molecular complexity index is 1250. The molecular weight excluding hydrogens is 760 g/mol. The van der Waals surface area contributed by atoms with E-state index in [0.717, 1.165) is 68.2 Å². The monoisotopic (exact) mass is 822 g/mol. The van der Waals surface area contributed by atoms with Crippen molar-refractivity contribution in [3.05, 3.63) is 88.6 Å². The summed E-state index contributed by atoms with van der Waals surface area (Å²) in [5, 5.41) is 0. The molecule has 0 saturated carbocycles. The van der Waals surface area contributed by atoms with Gasteiger partial charge in [0, 0.05) is 42.5 Å². The molecule has 0 bridgehead atoms. The van der Waals surface area contributed by atoms with Crippen molar-refractivity contribution in [1.82, 2.24) is 0 Å². The number of esters is 7. The molecule has 0 saturated heterocycles. The summed E-state index contributed by atoms with van der Waals surface area (Å²) in [6.45, 7) is 31.6. The molecule has 326 valence electrons. The van der Waals surface area contributed by atoms with Crippen molar-refractivity contribution in [2.75, 3.05) is 52.9 Å². The van der Waals surface area contributed by atoms with Crippen molar-refractivity contribution >= 4 is 41.8 Å². The third-order valence-corrected chi connectivity index (χ3v) is 7.01. The van der Waals surface area contributed by atoms with Crippen molar-refractivity contribution in [1.29, 1.82) is 0 Å². The lowest BCUT2D eigenvalue weighted by atomic mass is 9.88. The van der Waals surface area contributed by atoms with E-state index in [1.54, 1.807) is 20.8 Å². The lowest BCUT2D eigenvalue weighted by molar-refractivity contribution is -0.156. The van der Waals surface area contributed by atoms with Crippen LogP contribution in [0.2, 0.25) is 0 Å². The van der Waals surface area contributed by atoms with Gasteiger partial charge in [-0.3, -0.25) is 0 Å². The van der Waals surface area contributed by atoms with Gasteiger partial charge in [-0.1, -0.05) is 53.0 Å². The van der Waals surface area contributed by atoms with Crippen molar-refractivity contribution in [3.63, 3.8) is 0 Å². The van der Waals surface area contributed by atoms with Gasteiger partial charge in [0.15, 0.2) is 0 Å². The standard InChI is InChI=1S/C15H24O6.C15H20O6.C12H18O4/c1-6-14(16)20-9-12(4)18-8-11(3)19-10-13(5)21-15(17)7-2;1-5-12(16)19-9-15(8-4,10-20-13(17)6-2)11-21-14(18)7-3;1-3-11(13)15-9-7-5-6-8-10-16-12(14)4-2/h6-7,11-13H,1-2,8-10H2,3-5H3;5-7H,1-3,8-11H2,4H3;3-4H,1-2,5-10H2. The average molecular weight is 823 g/mol. The minimum Gasteiger partial charge on any atom is -0.463 e. The van der Waals surface area contributed by atoms with Gasteiger partial charge in [0.1, 0.15) is 32.5 Å². The first-order chi connectivity index (χ1) is 27.5. The molecule has 16 heteroatoms. The average Bonchev–Trinajstić information content (AvgIpc) is 3.24. The van der Waals surface area contributed by atoms with Crippen LogP contribution in [0.4, 0.5) is 0 Å². The maximum Gasteiger partial charge on any atom is 0.330 e. The normalized spacial score (nSPS) is 11.5. The minimum absolute atomic E-state index is 0.0802. The van der Waals surface area contributed by atoms with Crippen LogP contribution in [-0.4, -0.2) is 113 Å². The van der Waals surface area contributed by atoms with E-state index in [-0.39, 0.29) is 63.3 Å². The Morgan fingerprint density at radius 3 is 1.09 bits per heavy atom. The molecule has 58 heavy (non-hydrogen) atoms. The van der Waals surface area contributed by atoms with Crippen molar-refractivity contribution in [2.45, 2.75) is 78.1 Å². The fourth-order valence-electron chi connectivity index (χ4n) is 3.54. The van der Waals surface area contributed by atoms with Crippen LogP contribution in [0.1, 0.15) is 59.8 Å². The number of carbonyl (C=O) groups is 7. The Balaban J connectivity index is -0.000000791. The smallest absolute Gasteiger partial charge is 0.330 e. The van der Waals surface area contributed by atoms with Crippen molar-refractivity contribution < 1.29 is 76.2 Å². The molecule has 0 heterocycles. The molecule has 0 aromatic heterocycles. The Kier molecular flexibility index (Phi) is 36.2. The van der Waals surface area contributed by atoms with Crippen LogP contribution in [0.5, 0.6) is 0 Å². The molecule has 0 radical (unpaired) electrons. The van der Waals surface area contributed by atoms with Gasteiger partial charge in [0.2, 0.25) is 0 Å². The van der Waals surface area contributed by atoms with Gasteiger partial charge in [-0.15, -0.1) is 0 Å². The highest BCUT2D eigenvalue weighted by Gasteiger charge is 2.33. The summed E-state index contributed by atoms with van der Waals surface area (Å²) >= 11 is 0. The topological polar surface area (TPSA) is 203 Å². The predicted molar refractivity (Wildman–Crippen MR) is 215 cm³/mol. The Labute approximate surface area is 342 Å². The maximum absolute atomic E-state index is 11.2. The van der Waals surface area contributed by atoms with Gasteiger partial charge < -0.3 is 42.6 Å². The summed E-state index contributed by atoms with van der Waals surface area (Å²) in [6.07, 6.45) is 10.8. The SMILES string of the molecule is C=CC(=O)OCC(C)OCC(C)OCC(C)OC(=O)C=C.C=CC(=O)OCC(CC)(COC(=O)C=C)COC(=O)C=C.C=CC(=O)OCCCCCCOC(=O)C=C. The first-order valence-electron chi connectivity index (χ1n) is 18.3. The molecule has 0 N–H and O–H groups in total. The van der Waals surface area contributed by atoms with Crippen molar-refractivity contribution in [2.24, 2.45) is 5.41 Å². The lowest BCUT2D eigenvalue weighted by Gasteiger charge is -2.30. The number of ether oxygens (including phenoxy) is 9. The molecule has 0 spiro atoms. The van der Waals surface area contributed by atoms with Gasteiger partial charge in [-0.05, 0) is 52.9 Å². The Hall–Kier alpha value is -5.61. The lowest BCUT2D eigenvalue weighted by Crippen LogP contribution is -2.38. The molecule has 0 aromatic carbocycles. The van der Waals surface area contributed by atoms with Crippen LogP contribution < -0.4 is 0 Å². The van der Waals surface area contributed by atoms with E-state index in [2.05, 4.69) is 46.1 Å². The fraction of sp³-hybridized carbons (Fsp3) is 0.500. The number of unbranched alkanes of at least 4 members (excludes halogenated alkanes) is 3. The minimum atomic E-state index is -0.837. The van der Waals surface area contributed by atoms with Gasteiger partial charge in [-0.2, -0.15) is 0 Å². The first kappa shape index (κ1) is 56.7. The first-order valence-corrected chi connectivity index (χ1v) is 18.3. The molecule has 0 fully saturated rings. The van der Waals surface area contributed by atoms with Gasteiger partial charge in [0.25, 0.3) is 0 Å². The van der Waals surface area contributed by atoms with E-state index in [0.29, 0.717) is 26.2 Å². The van der Waals surface area contributed by atoms with Crippen LogP contribution in [0.25, 0.3) is 0 Å². The molecule has 0 aliphatic heterocycles. The van der Waals surface area contributed by atoms with E-state index in [1.807, 2.05) is 6.92 Å². The van der Waals surface area contributed by atoms with Gasteiger partial charge >= 0.3 is 41.8 Å². The van der Waals surface area contributed by atoms with E-state index in [4.69, 9.17) is 42.6 Å². The molecule has 0 aliphatic carbocycles. The maximum atomic E-state index is 11.2. The Morgan fingerprint density at radius 2 is 0.741 bits per heavy atom. The van der Waals surface area contributed by atoms with Crippen LogP contribution >= 0.6 is 0 Å². The molecule has 3 atom stereocenters. The number of rotatable bonds is 30. The quantitative estimate of drug-likeness (QED) is 0.0395. The van der Waals surface area contributed by atoms with Gasteiger partial charge in [-0.25, -0.2) is 33.6 Å². The summed E-state index contributed by atoms with van der Waals surface area (Å²) in [7, 11) is 0. The van der Waals surface area contributed by atoms with E-state index in [1.165, 1.54) is 0 Å². The number of hydrogen-bond acceptors (Lipinski definition) is 16. The van der Waals surface area contributed by atoms with Crippen LogP contribution in [0.3, 0.4) is 0 Å². The third kappa shape index (κ3) is 34.8. The zero-order valence-electron chi connectivity index (χ0n) is 34.4. The summed E-state index contributed by atoms with van der Waals surface area (Å²) in [5.41, 5.74) is -0.837. The molecule has 3 unspecified atom stereocenters. The summed E-state index contributed by atoms with van der Waals surface area (Å²) in [5.74, 6) is -3.58. The van der Waals surface area contributed by atoms with Crippen LogP contribution in [-0.2, 0) is 76.2 Å². The summed E-state index contributed by atoms with van der Waals surface area (Å²) < 4.78 is 45.3. The highest BCUT2D eigenvalue weighted by Crippen LogP contribution is 2.24. The molecular formula is C42H62O16. The number of carbonyl (C=O) groups excluding carboxylic acids is 7. The molecule has 0 aromatic rings. The van der Waals surface area contributed by atoms with E-state index < -0.39 is 35.3 Å². The molecule has 0 aliphatic rings. The molecule has 0 rings (SSSR count). The van der Waals surface area contributed by atoms with Crippen molar-refractivity contribution in [3.8, 4) is 0 Å². The van der Waals surface area contributed by atoms with Gasteiger partial charge in [0.05, 0.1) is 44.1 Å². The second-order valence-corrected chi connectivity index (χ2v) is 12.0.